The molecule has 1 unspecified atom stereocenters. The predicted molar refractivity (Wildman–Crippen MR) is 138 cm³/mol. The van der Waals surface area contributed by atoms with Gasteiger partial charge in [0.1, 0.15) is 52.0 Å². The van der Waals surface area contributed by atoms with Gasteiger partial charge in [0.2, 0.25) is 0 Å². The molecule has 0 bridgehead atoms. The van der Waals surface area contributed by atoms with Gasteiger partial charge >= 0.3 is 0 Å². The SMILES string of the molecule is CC(Nc1c(F)cc(S)cc1F)Sc1cc(F)c(NC(C)(C)CSc2cc(F)c(N)c(F)c2)c(F)c1. The van der Waals surface area contributed by atoms with Gasteiger partial charge in [-0.2, -0.15) is 0 Å². The van der Waals surface area contributed by atoms with E-state index in [1.165, 1.54) is 0 Å². The largest absolute Gasteiger partial charge is 0.394 e. The van der Waals surface area contributed by atoms with Gasteiger partial charge in [-0.15, -0.1) is 36.2 Å². The second kappa shape index (κ2) is 11.4. The van der Waals surface area contributed by atoms with Crippen LogP contribution < -0.4 is 16.4 Å². The molecule has 0 saturated carbocycles. The summed E-state index contributed by atoms with van der Waals surface area (Å²) in [6.07, 6.45) is 0. The number of halogens is 6. The van der Waals surface area contributed by atoms with Gasteiger partial charge in [0.25, 0.3) is 0 Å². The summed E-state index contributed by atoms with van der Waals surface area (Å²) in [6.45, 7) is 4.94. The summed E-state index contributed by atoms with van der Waals surface area (Å²) in [5, 5.41) is 4.80. The molecule has 0 aromatic heterocycles. The lowest BCUT2D eigenvalue weighted by atomic mass is 10.1. The van der Waals surface area contributed by atoms with E-state index < -0.39 is 51.5 Å². The average molecular weight is 564 g/mol. The van der Waals surface area contributed by atoms with Crippen LogP contribution in [0.4, 0.5) is 43.4 Å². The highest BCUT2D eigenvalue weighted by Gasteiger charge is 2.24. The Bertz CT molecular complexity index is 1200. The normalized spacial score (nSPS) is 12.5. The summed E-state index contributed by atoms with van der Waals surface area (Å²) in [5.74, 6) is -4.98. The highest BCUT2D eigenvalue weighted by Crippen LogP contribution is 2.34. The minimum Gasteiger partial charge on any atom is -0.394 e. The average Bonchev–Trinajstić information content (AvgIpc) is 2.75. The molecular formula is C24H23F6N3S3. The van der Waals surface area contributed by atoms with Crippen LogP contribution in [0.2, 0.25) is 0 Å². The number of nitrogen functional groups attached to an aromatic ring is 1. The number of nitrogens with one attached hydrogen (secondary N) is 2. The Labute approximate surface area is 219 Å². The van der Waals surface area contributed by atoms with Crippen LogP contribution in [-0.2, 0) is 0 Å². The van der Waals surface area contributed by atoms with Crippen LogP contribution >= 0.6 is 36.2 Å². The third kappa shape index (κ3) is 7.13. The summed E-state index contributed by atoms with van der Waals surface area (Å²) in [4.78, 5) is 0.597. The van der Waals surface area contributed by atoms with Gasteiger partial charge in [0, 0.05) is 26.0 Å². The number of hydrogen-bond donors (Lipinski definition) is 4. The van der Waals surface area contributed by atoms with Crippen LogP contribution in [0, 0.1) is 34.9 Å². The first-order chi connectivity index (χ1) is 16.8. The monoisotopic (exact) mass is 563 g/mol. The molecule has 3 aromatic rings. The molecule has 3 aromatic carbocycles. The van der Waals surface area contributed by atoms with Gasteiger partial charge in [-0.3, -0.25) is 0 Å². The lowest BCUT2D eigenvalue weighted by Gasteiger charge is -2.28. The van der Waals surface area contributed by atoms with E-state index >= 15 is 0 Å². The number of nitrogens with two attached hydrogens (primary N) is 1. The molecule has 36 heavy (non-hydrogen) atoms. The minimum atomic E-state index is -0.888. The zero-order valence-electron chi connectivity index (χ0n) is 19.4. The Morgan fingerprint density at radius 3 is 1.81 bits per heavy atom. The van der Waals surface area contributed by atoms with Crippen molar-refractivity contribution in [1.82, 2.24) is 0 Å². The van der Waals surface area contributed by atoms with Crippen LogP contribution in [0.15, 0.2) is 51.1 Å². The van der Waals surface area contributed by atoms with Crippen LogP contribution in [0.25, 0.3) is 0 Å². The Kier molecular flexibility index (Phi) is 8.94. The van der Waals surface area contributed by atoms with Gasteiger partial charge in [-0.05, 0) is 57.2 Å². The third-order valence-corrected chi connectivity index (χ3v) is 7.49. The lowest BCUT2D eigenvalue weighted by Crippen LogP contribution is -2.34. The fourth-order valence-electron chi connectivity index (χ4n) is 3.15. The van der Waals surface area contributed by atoms with E-state index in [0.29, 0.717) is 0 Å². The van der Waals surface area contributed by atoms with Crippen molar-refractivity contribution >= 4 is 53.2 Å². The predicted octanol–water partition coefficient (Wildman–Crippen LogP) is 7.93. The van der Waals surface area contributed by atoms with E-state index in [0.717, 1.165) is 59.9 Å². The summed E-state index contributed by atoms with van der Waals surface area (Å²) in [7, 11) is 0. The van der Waals surface area contributed by atoms with Gasteiger partial charge < -0.3 is 16.4 Å². The van der Waals surface area contributed by atoms with Crippen molar-refractivity contribution in [2.75, 3.05) is 22.1 Å². The molecule has 3 rings (SSSR count). The van der Waals surface area contributed by atoms with E-state index in [1.807, 2.05) is 0 Å². The zero-order chi connectivity index (χ0) is 26.8. The second-order valence-corrected chi connectivity index (χ2v) is 11.5. The van der Waals surface area contributed by atoms with Gasteiger partial charge in [0.05, 0.1) is 5.37 Å². The highest BCUT2D eigenvalue weighted by molar-refractivity contribution is 8.00. The molecule has 0 aliphatic heterocycles. The molecule has 0 aliphatic carbocycles. The van der Waals surface area contributed by atoms with Crippen molar-refractivity contribution in [3.05, 3.63) is 71.3 Å². The molecule has 0 spiro atoms. The number of anilines is 3. The molecule has 12 heteroatoms. The second-order valence-electron chi connectivity index (χ2n) is 8.55. The summed E-state index contributed by atoms with van der Waals surface area (Å²) >= 11 is 5.97. The van der Waals surface area contributed by atoms with Gasteiger partial charge in [-0.1, -0.05) is 0 Å². The molecule has 4 N–H and O–H groups in total. The Morgan fingerprint density at radius 1 is 0.806 bits per heavy atom. The summed E-state index contributed by atoms with van der Waals surface area (Å²) in [6, 6.07) is 6.48. The molecule has 0 saturated heterocycles. The van der Waals surface area contributed by atoms with Crippen molar-refractivity contribution in [3.8, 4) is 0 Å². The third-order valence-electron chi connectivity index (χ3n) is 4.82. The molecule has 0 heterocycles. The topological polar surface area (TPSA) is 50.1 Å². The number of rotatable bonds is 9. The number of thioether (sulfide) groups is 2. The Balaban J connectivity index is 1.68. The van der Waals surface area contributed by atoms with Crippen molar-refractivity contribution in [3.63, 3.8) is 0 Å². The Morgan fingerprint density at radius 2 is 1.28 bits per heavy atom. The van der Waals surface area contributed by atoms with Crippen molar-refractivity contribution in [2.24, 2.45) is 0 Å². The minimum absolute atomic E-state index is 0.122. The van der Waals surface area contributed by atoms with Crippen LogP contribution in [-0.4, -0.2) is 16.7 Å². The molecule has 0 fully saturated rings. The van der Waals surface area contributed by atoms with Crippen LogP contribution in [0.5, 0.6) is 0 Å². The summed E-state index contributed by atoms with van der Waals surface area (Å²) < 4.78 is 85.1. The number of benzene rings is 3. The standard InChI is InChI=1S/C24H23F6N3S3/c1-11(32-22-17(27)4-12(34)5-18(22)28)36-14-8-19(29)23(20(30)9-14)33-24(2,3)10-35-13-6-15(25)21(31)16(26)7-13/h4-9,11,32-34H,10,31H2,1-3H3. The molecule has 0 radical (unpaired) electrons. The van der Waals surface area contributed by atoms with Crippen molar-refractivity contribution in [2.45, 2.75) is 46.4 Å². The molecule has 194 valence electrons. The first-order valence-electron chi connectivity index (χ1n) is 10.5. The maximum atomic E-state index is 14.8. The van der Waals surface area contributed by atoms with E-state index in [1.54, 1.807) is 20.8 Å². The van der Waals surface area contributed by atoms with Crippen molar-refractivity contribution in [1.29, 1.82) is 0 Å². The maximum absolute atomic E-state index is 14.8. The lowest BCUT2D eigenvalue weighted by molar-refractivity contribution is 0.561. The quantitative estimate of drug-likeness (QED) is 0.0701. The van der Waals surface area contributed by atoms with E-state index in [-0.39, 0.29) is 31.8 Å². The van der Waals surface area contributed by atoms with Gasteiger partial charge in [0.15, 0.2) is 0 Å². The molecule has 0 aliphatic rings. The first kappa shape index (κ1) is 28.3. The summed E-state index contributed by atoms with van der Waals surface area (Å²) in [5.41, 5.74) is 3.08. The fraction of sp³-hybridized carbons (Fsp3) is 0.250. The van der Waals surface area contributed by atoms with Gasteiger partial charge in [-0.25, -0.2) is 26.3 Å². The molecule has 3 nitrogen and oxygen atoms in total. The fourth-order valence-corrected chi connectivity index (χ4v) is 5.28. The van der Waals surface area contributed by atoms with E-state index in [9.17, 15) is 26.3 Å². The van der Waals surface area contributed by atoms with Crippen LogP contribution in [0.1, 0.15) is 20.8 Å². The zero-order valence-corrected chi connectivity index (χ0v) is 21.9. The maximum Gasteiger partial charge on any atom is 0.150 e. The van der Waals surface area contributed by atoms with E-state index in [4.69, 9.17) is 5.73 Å². The smallest absolute Gasteiger partial charge is 0.150 e. The van der Waals surface area contributed by atoms with Crippen molar-refractivity contribution < 1.29 is 26.3 Å². The van der Waals surface area contributed by atoms with E-state index in [2.05, 4.69) is 23.3 Å². The number of hydrogen-bond acceptors (Lipinski definition) is 6. The number of thiol groups is 1. The Hall–Kier alpha value is -2.31. The highest BCUT2D eigenvalue weighted by atomic mass is 32.2. The molecule has 1 atom stereocenters. The van der Waals surface area contributed by atoms with Crippen LogP contribution in [0.3, 0.4) is 0 Å². The molecule has 0 amide bonds. The molecular weight excluding hydrogens is 540 g/mol. The first-order valence-corrected chi connectivity index (χ1v) is 12.8.